The summed E-state index contributed by atoms with van der Waals surface area (Å²) in [5.74, 6) is 0.567. The van der Waals surface area contributed by atoms with Gasteiger partial charge in [0.15, 0.2) is 17.2 Å². The molecule has 4 rings (SSSR count). The fourth-order valence-electron chi connectivity index (χ4n) is 5.12. The molecular weight excluding hydrogens is 526 g/mol. The van der Waals surface area contributed by atoms with Gasteiger partial charge < -0.3 is 14.8 Å². The van der Waals surface area contributed by atoms with Gasteiger partial charge in [-0.05, 0) is 62.9 Å². The molecule has 2 heterocycles. The van der Waals surface area contributed by atoms with E-state index >= 15 is 0 Å². The van der Waals surface area contributed by atoms with Gasteiger partial charge in [-0.2, -0.15) is 5.11 Å². The number of carbonyl (C=O) groups excluding carboxylic acids is 1. The molecule has 0 fully saturated rings. The number of nitrogens with one attached hydrogen (secondary N) is 3. The number of aryl methyl sites for hydroxylation is 4. The van der Waals surface area contributed by atoms with Crippen LogP contribution in [-0.2, 0) is 24.3 Å². The van der Waals surface area contributed by atoms with Crippen molar-refractivity contribution >= 4 is 11.6 Å². The SMILES string of the molecule is CCOc1cc2c(cc1OC)-c1c/c(=N\c3c(C)cc(C)cc3C)n(CCNC(=O)/C(=C/NO)N=N)c(=O)n1CC2. The van der Waals surface area contributed by atoms with Gasteiger partial charge in [-0.1, -0.05) is 17.7 Å². The van der Waals surface area contributed by atoms with Crippen LogP contribution in [0.2, 0.25) is 0 Å². The number of hydrogen-bond donors (Lipinski definition) is 4. The van der Waals surface area contributed by atoms with Gasteiger partial charge in [-0.3, -0.25) is 24.6 Å². The lowest BCUT2D eigenvalue weighted by Gasteiger charge is -2.25. The van der Waals surface area contributed by atoms with Gasteiger partial charge in [0.2, 0.25) is 0 Å². The number of amides is 1. The first-order valence-electron chi connectivity index (χ1n) is 13.3. The molecule has 1 aromatic heterocycles. The fraction of sp³-hybridized carbons (Fsp3) is 0.345. The molecule has 3 aromatic rings. The Morgan fingerprint density at radius 3 is 2.51 bits per heavy atom. The summed E-state index contributed by atoms with van der Waals surface area (Å²) < 4.78 is 14.6. The van der Waals surface area contributed by atoms with Crippen molar-refractivity contribution in [2.24, 2.45) is 10.1 Å². The first kappa shape index (κ1) is 29.3. The Hall–Kier alpha value is -4.71. The predicted molar refractivity (Wildman–Crippen MR) is 153 cm³/mol. The zero-order valence-corrected chi connectivity index (χ0v) is 23.9. The Kier molecular flexibility index (Phi) is 9.03. The number of ether oxygens (including phenoxy) is 2. The van der Waals surface area contributed by atoms with Crippen molar-refractivity contribution in [3.8, 4) is 22.8 Å². The minimum Gasteiger partial charge on any atom is -0.493 e. The highest BCUT2D eigenvalue weighted by atomic mass is 16.5. The van der Waals surface area contributed by atoms with Gasteiger partial charge >= 0.3 is 5.69 Å². The molecule has 0 aliphatic carbocycles. The van der Waals surface area contributed by atoms with Gasteiger partial charge in [0.25, 0.3) is 5.91 Å². The van der Waals surface area contributed by atoms with E-state index in [1.165, 1.54) is 4.57 Å². The Bertz CT molecular complexity index is 1630. The topological polar surface area (TPSA) is 155 Å². The van der Waals surface area contributed by atoms with E-state index in [0.717, 1.165) is 39.7 Å². The number of nitrogens with zero attached hydrogens (tertiary/aromatic N) is 4. The molecule has 0 radical (unpaired) electrons. The monoisotopic (exact) mass is 561 g/mol. The molecule has 1 amide bonds. The third-order valence-corrected chi connectivity index (χ3v) is 6.90. The Balaban J connectivity index is 1.87. The standard InChI is InChI=1S/C29H35N7O5/c1-6-41-25-13-20-7-9-35-23(21(20)14-24(25)40-5)15-26(33-27-18(3)11-17(2)12-19(27)4)36(29(35)38)10-8-31-28(37)22(34-30)16-32-39/h11-16,30,32,39H,6-10H2,1-5H3,(H,31,37)/b22-16-,33-26+,34-30?. The van der Waals surface area contributed by atoms with Crippen LogP contribution in [-0.4, -0.2) is 40.5 Å². The van der Waals surface area contributed by atoms with Gasteiger partial charge in [-0.25, -0.2) is 15.3 Å². The molecule has 12 nitrogen and oxygen atoms in total. The highest BCUT2D eigenvalue weighted by Gasteiger charge is 2.23. The summed E-state index contributed by atoms with van der Waals surface area (Å²) in [6, 6.07) is 9.85. The number of benzene rings is 2. The highest BCUT2D eigenvalue weighted by Crippen LogP contribution is 2.37. The molecule has 1 aliphatic heterocycles. The van der Waals surface area contributed by atoms with Gasteiger partial charge in [0, 0.05) is 31.3 Å². The van der Waals surface area contributed by atoms with Crippen molar-refractivity contribution in [2.45, 2.75) is 47.2 Å². The fourth-order valence-corrected chi connectivity index (χ4v) is 5.12. The van der Waals surface area contributed by atoms with Crippen molar-refractivity contribution in [3.63, 3.8) is 0 Å². The lowest BCUT2D eigenvalue weighted by molar-refractivity contribution is -0.117. The summed E-state index contributed by atoms with van der Waals surface area (Å²) in [5.41, 5.74) is 15.1. The highest BCUT2D eigenvalue weighted by molar-refractivity contribution is 5.92. The second kappa shape index (κ2) is 12.6. The van der Waals surface area contributed by atoms with Crippen LogP contribution in [0.1, 0.15) is 29.2 Å². The van der Waals surface area contributed by atoms with E-state index in [-0.39, 0.29) is 24.5 Å². The largest absolute Gasteiger partial charge is 0.493 e. The smallest absolute Gasteiger partial charge is 0.330 e. The number of hydroxylamine groups is 1. The second-order valence-electron chi connectivity index (χ2n) is 9.70. The quantitative estimate of drug-likeness (QED) is 0.169. The van der Waals surface area contributed by atoms with Crippen molar-refractivity contribution in [2.75, 3.05) is 20.3 Å². The number of hydrogen-bond acceptors (Lipinski definition) is 9. The normalized spacial score (nSPS) is 12.8. The molecule has 0 atom stereocenters. The molecule has 0 unspecified atom stereocenters. The van der Waals surface area contributed by atoms with Crippen LogP contribution in [0.4, 0.5) is 5.69 Å². The number of carbonyl (C=O) groups is 1. The molecule has 216 valence electrons. The number of methoxy groups -OCH3 is 1. The lowest BCUT2D eigenvalue weighted by Crippen LogP contribution is -2.44. The zero-order chi connectivity index (χ0) is 29.7. The summed E-state index contributed by atoms with van der Waals surface area (Å²) in [6.45, 7) is 9.05. The number of fused-ring (bicyclic) bond motifs is 3. The molecule has 0 bridgehead atoms. The minimum absolute atomic E-state index is 0.0624. The minimum atomic E-state index is -0.671. The van der Waals surface area contributed by atoms with E-state index in [0.29, 0.717) is 42.3 Å². The molecule has 0 saturated carbocycles. The van der Waals surface area contributed by atoms with Gasteiger partial charge in [0.1, 0.15) is 5.49 Å². The Morgan fingerprint density at radius 1 is 1.15 bits per heavy atom. The summed E-state index contributed by atoms with van der Waals surface area (Å²) in [4.78, 5) is 31.3. The van der Waals surface area contributed by atoms with E-state index in [1.807, 2.05) is 58.0 Å². The predicted octanol–water partition coefficient (Wildman–Crippen LogP) is 3.41. The molecule has 12 heteroatoms. The maximum absolute atomic E-state index is 13.9. The zero-order valence-electron chi connectivity index (χ0n) is 23.9. The first-order valence-corrected chi connectivity index (χ1v) is 13.3. The third kappa shape index (κ3) is 6.07. The number of aromatic nitrogens is 2. The molecule has 0 spiro atoms. The van der Waals surface area contributed by atoms with Gasteiger partial charge in [0.05, 0.1) is 31.3 Å². The molecule has 1 aliphatic rings. The van der Waals surface area contributed by atoms with Crippen LogP contribution in [0, 0.1) is 26.3 Å². The van der Waals surface area contributed by atoms with Crippen LogP contribution >= 0.6 is 0 Å². The van der Waals surface area contributed by atoms with Crippen LogP contribution in [0.5, 0.6) is 11.5 Å². The van der Waals surface area contributed by atoms with Crippen LogP contribution < -0.4 is 31.4 Å². The molecule has 41 heavy (non-hydrogen) atoms. The Morgan fingerprint density at radius 2 is 1.88 bits per heavy atom. The van der Waals surface area contributed by atoms with Crippen molar-refractivity contribution in [1.29, 1.82) is 5.53 Å². The van der Waals surface area contributed by atoms with E-state index in [4.69, 9.17) is 25.2 Å². The van der Waals surface area contributed by atoms with E-state index < -0.39 is 5.91 Å². The van der Waals surface area contributed by atoms with Crippen LogP contribution in [0.3, 0.4) is 0 Å². The maximum atomic E-state index is 13.9. The second-order valence-corrected chi connectivity index (χ2v) is 9.70. The van der Waals surface area contributed by atoms with Crippen LogP contribution in [0.15, 0.2) is 57.1 Å². The lowest BCUT2D eigenvalue weighted by atomic mass is 9.97. The van der Waals surface area contributed by atoms with Gasteiger partial charge in [-0.15, -0.1) is 0 Å². The molecule has 2 aromatic carbocycles. The maximum Gasteiger partial charge on any atom is 0.330 e. The first-order chi connectivity index (χ1) is 19.7. The van der Waals surface area contributed by atoms with Crippen molar-refractivity contribution in [3.05, 3.63) is 80.5 Å². The van der Waals surface area contributed by atoms with E-state index in [1.54, 1.807) is 17.2 Å². The van der Waals surface area contributed by atoms with E-state index in [9.17, 15) is 9.59 Å². The number of rotatable bonds is 10. The average molecular weight is 562 g/mol. The molecular formula is C29H35N7O5. The van der Waals surface area contributed by atoms with Crippen molar-refractivity contribution < 1.29 is 19.5 Å². The average Bonchev–Trinajstić information content (AvgIpc) is 2.94. The molecule has 4 N–H and O–H groups in total. The Labute approximate surface area is 237 Å². The molecule has 0 saturated heterocycles. The summed E-state index contributed by atoms with van der Waals surface area (Å²) in [6.07, 6.45) is 1.53. The summed E-state index contributed by atoms with van der Waals surface area (Å²) >= 11 is 0. The summed E-state index contributed by atoms with van der Waals surface area (Å²) in [7, 11) is 1.59. The van der Waals surface area contributed by atoms with Crippen molar-refractivity contribution in [1.82, 2.24) is 19.9 Å². The van der Waals surface area contributed by atoms with Crippen LogP contribution in [0.25, 0.3) is 11.3 Å². The summed E-state index contributed by atoms with van der Waals surface area (Å²) in [5, 5.41) is 14.6. The van der Waals surface area contributed by atoms with E-state index in [2.05, 4.69) is 10.4 Å². The third-order valence-electron chi connectivity index (χ3n) is 6.90.